The fourth-order valence-corrected chi connectivity index (χ4v) is 3.94. The zero-order chi connectivity index (χ0) is 17.4. The molecule has 0 amide bonds. The first-order valence-electron chi connectivity index (χ1n) is 9.35. The third-order valence-corrected chi connectivity index (χ3v) is 5.23. The molecule has 2 aromatic heterocycles. The van der Waals surface area contributed by atoms with Gasteiger partial charge in [0.25, 0.3) is 0 Å². The Balaban J connectivity index is 1.46. The molecule has 4 rings (SSSR count). The Labute approximate surface area is 150 Å². The van der Waals surface area contributed by atoms with Gasteiger partial charge in [0.2, 0.25) is 0 Å². The molecule has 4 heterocycles. The number of pyridine rings is 1. The average molecular weight is 340 g/mol. The predicted molar refractivity (Wildman–Crippen MR) is 99.8 cm³/mol. The molecule has 5 nitrogen and oxygen atoms in total. The largest absolute Gasteiger partial charge is 0.376 e. The zero-order valence-corrected chi connectivity index (χ0v) is 15.5. The molecule has 2 aliphatic heterocycles. The minimum atomic E-state index is 0.321. The Morgan fingerprint density at radius 1 is 1.24 bits per heavy atom. The van der Waals surface area contributed by atoms with Gasteiger partial charge in [0.1, 0.15) is 5.69 Å². The van der Waals surface area contributed by atoms with Crippen molar-refractivity contribution in [3.05, 3.63) is 30.4 Å². The van der Waals surface area contributed by atoms with Crippen molar-refractivity contribution in [1.82, 2.24) is 14.5 Å². The Kier molecular flexibility index (Phi) is 4.28. The van der Waals surface area contributed by atoms with E-state index in [4.69, 9.17) is 9.72 Å². The standard InChI is InChI=1S/C20H28N4O/c1-15-8-16(24-12-20(2,3)13-24)9-21-19(15)18-11-23(14-22-18)10-17-6-4-5-7-25-17/h8-9,11,14,17H,4-7,10,12-13H2,1-3H3. The molecule has 2 aliphatic rings. The van der Waals surface area contributed by atoms with E-state index in [0.29, 0.717) is 11.5 Å². The van der Waals surface area contributed by atoms with E-state index in [1.807, 2.05) is 12.5 Å². The van der Waals surface area contributed by atoms with Gasteiger partial charge >= 0.3 is 0 Å². The van der Waals surface area contributed by atoms with Crippen LogP contribution in [0.4, 0.5) is 5.69 Å². The lowest BCUT2D eigenvalue weighted by Gasteiger charge is -2.47. The number of rotatable bonds is 4. The highest BCUT2D eigenvalue weighted by molar-refractivity contribution is 5.62. The van der Waals surface area contributed by atoms with Gasteiger partial charge in [0, 0.05) is 32.4 Å². The van der Waals surface area contributed by atoms with Crippen LogP contribution in [0, 0.1) is 12.3 Å². The summed E-state index contributed by atoms with van der Waals surface area (Å²) < 4.78 is 7.97. The van der Waals surface area contributed by atoms with Gasteiger partial charge in [-0.2, -0.15) is 0 Å². The van der Waals surface area contributed by atoms with Gasteiger partial charge in [-0.15, -0.1) is 0 Å². The lowest BCUT2D eigenvalue weighted by molar-refractivity contribution is 0.00598. The minimum absolute atomic E-state index is 0.321. The van der Waals surface area contributed by atoms with Gasteiger partial charge in [-0.1, -0.05) is 13.8 Å². The second-order valence-electron chi connectivity index (χ2n) is 8.32. The minimum Gasteiger partial charge on any atom is -0.376 e. The molecule has 25 heavy (non-hydrogen) atoms. The second-order valence-corrected chi connectivity index (χ2v) is 8.32. The van der Waals surface area contributed by atoms with Crippen LogP contribution in [0.1, 0.15) is 38.7 Å². The summed E-state index contributed by atoms with van der Waals surface area (Å²) in [7, 11) is 0. The molecule has 0 bridgehead atoms. The maximum atomic E-state index is 5.83. The van der Waals surface area contributed by atoms with Crippen LogP contribution in [-0.4, -0.2) is 40.3 Å². The van der Waals surface area contributed by atoms with Gasteiger partial charge < -0.3 is 14.2 Å². The van der Waals surface area contributed by atoms with Gasteiger partial charge in [-0.25, -0.2) is 4.98 Å². The summed E-state index contributed by atoms with van der Waals surface area (Å²) in [5.41, 5.74) is 4.75. The fraction of sp³-hybridized carbons (Fsp3) is 0.600. The Morgan fingerprint density at radius 2 is 2.08 bits per heavy atom. The van der Waals surface area contributed by atoms with Crippen LogP contribution in [0.15, 0.2) is 24.8 Å². The summed E-state index contributed by atoms with van der Waals surface area (Å²) in [6, 6.07) is 2.24. The SMILES string of the molecule is Cc1cc(N2CC(C)(C)C2)cnc1-c1cn(CC2CCCCO2)cn1. The lowest BCUT2D eigenvalue weighted by Crippen LogP contribution is -2.53. The highest BCUT2D eigenvalue weighted by atomic mass is 16.5. The summed E-state index contributed by atoms with van der Waals surface area (Å²) in [6.45, 7) is 10.7. The van der Waals surface area contributed by atoms with Crippen LogP contribution in [-0.2, 0) is 11.3 Å². The second kappa shape index (κ2) is 6.45. The predicted octanol–water partition coefficient (Wildman–Crippen LogP) is 3.67. The summed E-state index contributed by atoms with van der Waals surface area (Å²) >= 11 is 0. The number of imidazole rings is 1. The molecule has 134 valence electrons. The molecule has 0 aliphatic carbocycles. The first-order valence-corrected chi connectivity index (χ1v) is 9.35. The van der Waals surface area contributed by atoms with Gasteiger partial charge in [-0.05, 0) is 43.2 Å². The highest BCUT2D eigenvalue weighted by Gasteiger charge is 2.34. The molecule has 2 aromatic rings. The van der Waals surface area contributed by atoms with Crippen LogP contribution >= 0.6 is 0 Å². The molecule has 1 unspecified atom stereocenters. The number of anilines is 1. The number of hydrogen-bond donors (Lipinski definition) is 0. The average Bonchev–Trinajstić information content (AvgIpc) is 3.01. The maximum Gasteiger partial charge on any atom is 0.107 e. The van der Waals surface area contributed by atoms with E-state index in [0.717, 1.165) is 44.0 Å². The normalized spacial score (nSPS) is 22.7. The van der Waals surface area contributed by atoms with Crippen LogP contribution < -0.4 is 4.90 Å². The van der Waals surface area contributed by atoms with E-state index < -0.39 is 0 Å². The van der Waals surface area contributed by atoms with E-state index in [9.17, 15) is 0 Å². The van der Waals surface area contributed by atoms with Crippen molar-refractivity contribution in [2.24, 2.45) is 5.41 Å². The lowest BCUT2D eigenvalue weighted by atomic mass is 9.84. The third-order valence-electron chi connectivity index (χ3n) is 5.23. The van der Waals surface area contributed by atoms with E-state index in [1.165, 1.54) is 24.1 Å². The van der Waals surface area contributed by atoms with E-state index in [1.54, 1.807) is 0 Å². The Bertz CT molecular complexity index is 738. The van der Waals surface area contributed by atoms with Crippen LogP contribution in [0.2, 0.25) is 0 Å². The molecular weight excluding hydrogens is 312 g/mol. The van der Waals surface area contributed by atoms with Crippen LogP contribution in [0.5, 0.6) is 0 Å². The molecule has 0 aromatic carbocycles. The topological polar surface area (TPSA) is 43.2 Å². The van der Waals surface area contributed by atoms with Gasteiger partial charge in [-0.3, -0.25) is 4.98 Å². The molecule has 5 heteroatoms. The molecule has 0 N–H and O–H groups in total. The van der Waals surface area contributed by atoms with Crippen molar-refractivity contribution in [3.8, 4) is 11.4 Å². The number of aromatic nitrogens is 3. The van der Waals surface area contributed by atoms with Crippen LogP contribution in [0.25, 0.3) is 11.4 Å². The quantitative estimate of drug-likeness (QED) is 0.852. The first-order chi connectivity index (χ1) is 12.0. The Morgan fingerprint density at radius 3 is 2.76 bits per heavy atom. The maximum absolute atomic E-state index is 5.83. The van der Waals surface area contributed by atoms with Crippen LogP contribution in [0.3, 0.4) is 0 Å². The van der Waals surface area contributed by atoms with Crippen molar-refractivity contribution in [2.75, 3.05) is 24.6 Å². The zero-order valence-electron chi connectivity index (χ0n) is 15.5. The summed E-state index contributed by atoms with van der Waals surface area (Å²) in [5.74, 6) is 0. The molecule has 0 saturated carbocycles. The summed E-state index contributed by atoms with van der Waals surface area (Å²) in [4.78, 5) is 11.7. The molecule has 0 radical (unpaired) electrons. The highest BCUT2D eigenvalue weighted by Crippen LogP contribution is 2.34. The van der Waals surface area contributed by atoms with Crippen molar-refractivity contribution in [3.63, 3.8) is 0 Å². The van der Waals surface area contributed by atoms with Gasteiger partial charge in [0.05, 0.1) is 30.0 Å². The number of aryl methyl sites for hydroxylation is 1. The number of hydrogen-bond acceptors (Lipinski definition) is 4. The summed E-state index contributed by atoms with van der Waals surface area (Å²) in [6.07, 6.45) is 9.91. The van der Waals surface area contributed by atoms with E-state index >= 15 is 0 Å². The number of nitrogens with zero attached hydrogens (tertiary/aromatic N) is 4. The molecular formula is C20H28N4O. The summed E-state index contributed by atoms with van der Waals surface area (Å²) in [5, 5.41) is 0. The molecule has 2 saturated heterocycles. The smallest absolute Gasteiger partial charge is 0.107 e. The molecule has 1 atom stereocenters. The third kappa shape index (κ3) is 3.56. The monoisotopic (exact) mass is 340 g/mol. The van der Waals surface area contributed by atoms with Crippen molar-refractivity contribution >= 4 is 5.69 Å². The van der Waals surface area contributed by atoms with Gasteiger partial charge in [0.15, 0.2) is 0 Å². The van der Waals surface area contributed by atoms with Crippen molar-refractivity contribution in [1.29, 1.82) is 0 Å². The van der Waals surface area contributed by atoms with Crippen molar-refractivity contribution in [2.45, 2.75) is 52.7 Å². The van der Waals surface area contributed by atoms with E-state index in [2.05, 4.69) is 47.5 Å². The number of ether oxygens (including phenoxy) is 1. The van der Waals surface area contributed by atoms with E-state index in [-0.39, 0.29) is 0 Å². The molecule has 0 spiro atoms. The van der Waals surface area contributed by atoms with Crippen molar-refractivity contribution < 1.29 is 4.74 Å². The molecule has 2 fully saturated rings. The first kappa shape index (κ1) is 16.6. The Hall–Kier alpha value is -1.88. The fourth-order valence-electron chi connectivity index (χ4n) is 3.94.